The smallest absolute Gasteiger partial charge is 0.335 e. The van der Waals surface area contributed by atoms with Crippen molar-refractivity contribution in [2.24, 2.45) is 11.2 Å². The van der Waals surface area contributed by atoms with Gasteiger partial charge >= 0.3 is 5.97 Å². The van der Waals surface area contributed by atoms with E-state index in [4.69, 9.17) is 16.3 Å². The van der Waals surface area contributed by atoms with E-state index in [1.54, 1.807) is 0 Å². The molecule has 0 aromatic rings. The Bertz CT molecular complexity index is 347. The fraction of sp³-hybridized carbons (Fsp3) is 0.714. The summed E-state index contributed by atoms with van der Waals surface area (Å²) in [6, 6.07) is 0. The highest BCUT2D eigenvalue weighted by atomic mass is 31.2. The van der Waals surface area contributed by atoms with Crippen LogP contribution < -0.4 is 21.6 Å². The summed E-state index contributed by atoms with van der Waals surface area (Å²) in [6.45, 7) is 0.514. The van der Waals surface area contributed by atoms with Crippen molar-refractivity contribution in [2.45, 2.75) is 24.7 Å². The number of nitrogens with two attached hydrogens (primary N) is 2. The van der Waals surface area contributed by atoms with Crippen LogP contribution in [0.4, 0.5) is 0 Å². The second-order valence-electron chi connectivity index (χ2n) is 3.60. The highest BCUT2D eigenvalue weighted by Crippen LogP contribution is 2.41. The number of rotatable bonds is 4. The number of carbonyl (C=O) groups excluding carboxylic acids is 1. The van der Waals surface area contributed by atoms with Crippen LogP contribution in [0.15, 0.2) is 0 Å². The van der Waals surface area contributed by atoms with E-state index in [-0.39, 0.29) is 0 Å². The van der Waals surface area contributed by atoms with E-state index in [1.165, 1.54) is 0 Å². The van der Waals surface area contributed by atoms with Gasteiger partial charge in [0.2, 0.25) is 13.4 Å². The molecule has 0 radical (unpaired) electrons. The molecule has 92 valence electrons. The molecule has 1 aliphatic rings. The number of aliphatic carboxylic acids is 1. The predicted octanol–water partition coefficient (Wildman–Crippen LogP) is -1.62. The maximum atomic E-state index is 12.0. The third kappa shape index (κ3) is 3.02. The molecular weight excluding hydrogens is 235 g/mol. The molecule has 3 atom stereocenters. The molecule has 2 unspecified atom stereocenters. The largest absolute Gasteiger partial charge is 0.479 e. The van der Waals surface area contributed by atoms with Gasteiger partial charge in [0, 0.05) is 6.54 Å². The summed E-state index contributed by atoms with van der Waals surface area (Å²) >= 11 is 0. The highest BCUT2D eigenvalue weighted by Gasteiger charge is 2.38. The van der Waals surface area contributed by atoms with Gasteiger partial charge in [0.1, 0.15) is 5.66 Å². The lowest BCUT2D eigenvalue weighted by molar-refractivity contribution is -0.138. The summed E-state index contributed by atoms with van der Waals surface area (Å²) in [5.74, 6) is -1.80. The third-order valence-electron chi connectivity index (χ3n) is 2.33. The van der Waals surface area contributed by atoms with Gasteiger partial charge in [-0.1, -0.05) is 0 Å². The topological polar surface area (TPSA) is 148 Å². The number of piperidine rings is 1. The molecule has 0 saturated carbocycles. The molecule has 0 aromatic carbocycles. The minimum atomic E-state index is -3.60. The van der Waals surface area contributed by atoms with Crippen molar-refractivity contribution in [3.63, 3.8) is 0 Å². The zero-order valence-electron chi connectivity index (χ0n) is 8.55. The molecule has 0 bridgehead atoms. The Hall–Kier alpha value is -0.950. The molecule has 8 nitrogen and oxygen atoms in total. The normalized spacial score (nSPS) is 26.6. The number of hydrogen-bond acceptors (Lipinski definition) is 4. The minimum Gasteiger partial charge on any atom is -0.479 e. The molecule has 0 aromatic heterocycles. The van der Waals surface area contributed by atoms with Crippen LogP contribution in [0, 0.1) is 0 Å². The van der Waals surface area contributed by atoms with Gasteiger partial charge < -0.3 is 16.2 Å². The van der Waals surface area contributed by atoms with E-state index in [9.17, 15) is 14.2 Å². The molecule has 16 heavy (non-hydrogen) atoms. The number of nitrogens with one attached hydrogen (secondary N) is 2. The third-order valence-corrected chi connectivity index (χ3v) is 4.43. The highest BCUT2D eigenvalue weighted by molar-refractivity contribution is 7.61. The van der Waals surface area contributed by atoms with Crippen LogP contribution in [0.5, 0.6) is 0 Å². The lowest BCUT2D eigenvalue weighted by atomic mass is 10.1. The second kappa shape index (κ2) is 4.92. The van der Waals surface area contributed by atoms with Crippen molar-refractivity contribution < 1.29 is 19.3 Å². The summed E-state index contributed by atoms with van der Waals surface area (Å²) in [6.07, 6.45) is -0.522. The van der Waals surface area contributed by atoms with E-state index in [1.807, 2.05) is 0 Å². The van der Waals surface area contributed by atoms with Crippen LogP contribution in [0.2, 0.25) is 0 Å². The van der Waals surface area contributed by atoms with E-state index in [0.717, 1.165) is 0 Å². The van der Waals surface area contributed by atoms with Crippen molar-refractivity contribution in [3.8, 4) is 0 Å². The Balaban J connectivity index is 2.72. The van der Waals surface area contributed by atoms with E-state index in [0.29, 0.717) is 19.4 Å². The average molecular weight is 250 g/mol. The fourth-order valence-electron chi connectivity index (χ4n) is 1.48. The van der Waals surface area contributed by atoms with Crippen molar-refractivity contribution in [2.75, 3.05) is 6.54 Å². The first-order valence-corrected chi connectivity index (χ1v) is 6.61. The molecule has 0 aliphatic carbocycles. The standard InChI is InChI=1S/C7H15N4O4P/c8-5(7(13)14)11-16(9,15)4-2-1-3-10-6(4)12/h4-5H,1-3,8H2,(H,10,12)(H,13,14)(H3,9,11,15)/t4-,5?,16?/m0/s1. The molecule has 1 heterocycles. The molecule has 9 heteroatoms. The minimum absolute atomic E-state index is 0.360. The number of carboxylic acid groups (broad SMARTS) is 1. The van der Waals surface area contributed by atoms with E-state index in [2.05, 4.69) is 10.4 Å². The molecule has 0 spiro atoms. The SMILES string of the molecule is NC(NP(N)(=O)[C@H]1CCCNC1=O)C(=O)O. The maximum absolute atomic E-state index is 12.0. The average Bonchev–Trinajstić information content (AvgIpc) is 2.17. The Morgan fingerprint density at radius 1 is 1.69 bits per heavy atom. The van der Waals surface area contributed by atoms with Crippen molar-refractivity contribution >= 4 is 19.3 Å². The first kappa shape index (κ1) is 13.1. The van der Waals surface area contributed by atoms with Gasteiger partial charge in [-0.3, -0.25) is 14.9 Å². The first-order valence-electron chi connectivity index (χ1n) is 4.77. The van der Waals surface area contributed by atoms with Crippen LogP contribution in [-0.4, -0.2) is 35.4 Å². The lowest BCUT2D eigenvalue weighted by Crippen LogP contribution is -2.50. The van der Waals surface area contributed by atoms with Gasteiger partial charge in [0.05, 0.1) is 0 Å². The quantitative estimate of drug-likeness (QED) is 0.297. The van der Waals surface area contributed by atoms with Gasteiger partial charge in [-0.2, -0.15) is 0 Å². The predicted molar refractivity (Wildman–Crippen MR) is 56.6 cm³/mol. The zero-order valence-corrected chi connectivity index (χ0v) is 9.44. The van der Waals surface area contributed by atoms with Gasteiger partial charge in [-0.05, 0) is 12.8 Å². The zero-order chi connectivity index (χ0) is 12.3. The van der Waals surface area contributed by atoms with Crippen LogP contribution in [-0.2, 0) is 14.2 Å². The van der Waals surface area contributed by atoms with Crippen molar-refractivity contribution in [1.82, 2.24) is 10.4 Å². The Morgan fingerprint density at radius 2 is 2.31 bits per heavy atom. The molecule has 1 rings (SSSR count). The van der Waals surface area contributed by atoms with Crippen LogP contribution in [0.3, 0.4) is 0 Å². The summed E-state index contributed by atoms with van der Waals surface area (Å²) < 4.78 is 12.0. The summed E-state index contributed by atoms with van der Waals surface area (Å²) in [5, 5.41) is 13.2. The Labute approximate surface area is 92.2 Å². The van der Waals surface area contributed by atoms with Gasteiger partial charge in [0.25, 0.3) is 0 Å². The summed E-state index contributed by atoms with van der Waals surface area (Å²) in [7, 11) is -3.60. The molecule has 1 amide bonds. The van der Waals surface area contributed by atoms with E-state index < -0.39 is 31.1 Å². The molecular formula is C7H15N4O4P. The first-order chi connectivity index (χ1) is 7.34. The van der Waals surface area contributed by atoms with Crippen LogP contribution in [0.25, 0.3) is 0 Å². The molecule has 1 saturated heterocycles. The second-order valence-corrected chi connectivity index (χ2v) is 5.90. The number of amides is 1. The monoisotopic (exact) mass is 250 g/mol. The van der Waals surface area contributed by atoms with Gasteiger partial charge in [-0.25, -0.2) is 9.88 Å². The van der Waals surface area contributed by atoms with Crippen LogP contribution >= 0.6 is 7.44 Å². The van der Waals surface area contributed by atoms with Gasteiger partial charge in [0.15, 0.2) is 6.17 Å². The Kier molecular flexibility index (Phi) is 4.03. The van der Waals surface area contributed by atoms with Crippen molar-refractivity contribution in [1.29, 1.82) is 0 Å². The van der Waals surface area contributed by atoms with Crippen molar-refractivity contribution in [3.05, 3.63) is 0 Å². The number of carbonyl (C=O) groups is 2. The molecule has 7 N–H and O–H groups in total. The van der Waals surface area contributed by atoms with Gasteiger partial charge in [-0.15, -0.1) is 0 Å². The molecule has 1 fully saturated rings. The Morgan fingerprint density at radius 3 is 2.81 bits per heavy atom. The summed E-state index contributed by atoms with van der Waals surface area (Å²) in [4.78, 5) is 21.9. The summed E-state index contributed by atoms with van der Waals surface area (Å²) in [5.41, 5.74) is 9.71. The van der Waals surface area contributed by atoms with E-state index >= 15 is 0 Å². The van der Waals surface area contributed by atoms with Crippen LogP contribution in [0.1, 0.15) is 12.8 Å². The number of carboxylic acids is 1. The fourth-order valence-corrected chi connectivity index (χ4v) is 3.22. The number of hydrogen-bond donors (Lipinski definition) is 5. The molecule has 1 aliphatic heterocycles. The lowest BCUT2D eigenvalue weighted by Gasteiger charge is -2.28. The maximum Gasteiger partial charge on any atom is 0.335 e.